The first-order chi connectivity index (χ1) is 10.0. The second-order valence-corrected chi connectivity index (χ2v) is 7.07. The molecule has 4 nitrogen and oxygen atoms in total. The Hall–Kier alpha value is -0.630. The number of rotatable bonds is 3. The molecule has 114 valence electrons. The molecule has 0 unspecified atom stereocenters. The van der Waals surface area contributed by atoms with Crippen molar-refractivity contribution in [2.24, 2.45) is 5.92 Å². The highest BCUT2D eigenvalue weighted by Gasteiger charge is 2.30. The fourth-order valence-corrected chi connectivity index (χ4v) is 3.35. The summed E-state index contributed by atoms with van der Waals surface area (Å²) >= 11 is 5.61. The summed E-state index contributed by atoms with van der Waals surface area (Å²) in [4.78, 5) is 26.2. The van der Waals surface area contributed by atoms with Crippen molar-refractivity contribution in [3.63, 3.8) is 0 Å². The van der Waals surface area contributed by atoms with Gasteiger partial charge in [-0.05, 0) is 76.5 Å². The summed E-state index contributed by atoms with van der Waals surface area (Å²) in [6.45, 7) is 3.31. The van der Waals surface area contributed by atoms with E-state index in [0.717, 1.165) is 20.9 Å². The summed E-state index contributed by atoms with van der Waals surface area (Å²) < 4.78 is 6.87. The Bertz CT molecular complexity index is 550. The SMILES string of the molecule is CCOC(=O)[C@H]1CCCN(C(=O)c2cc(I)ccc2Br)C1. The van der Waals surface area contributed by atoms with Crippen molar-refractivity contribution >= 4 is 50.4 Å². The minimum atomic E-state index is -0.204. The van der Waals surface area contributed by atoms with Gasteiger partial charge < -0.3 is 9.64 Å². The first-order valence-electron chi connectivity index (χ1n) is 6.94. The molecule has 0 aromatic heterocycles. The van der Waals surface area contributed by atoms with Gasteiger partial charge in [0.1, 0.15) is 0 Å². The summed E-state index contributed by atoms with van der Waals surface area (Å²) in [5.41, 5.74) is 0.645. The van der Waals surface area contributed by atoms with E-state index in [4.69, 9.17) is 4.74 Å². The Kier molecular flexibility index (Phi) is 6.04. The van der Waals surface area contributed by atoms with Crippen LogP contribution in [0.3, 0.4) is 0 Å². The minimum Gasteiger partial charge on any atom is -0.466 e. The molecule has 1 aliphatic rings. The number of hydrogen-bond donors (Lipinski definition) is 0. The molecule has 21 heavy (non-hydrogen) atoms. The zero-order valence-corrected chi connectivity index (χ0v) is 15.5. The maximum Gasteiger partial charge on any atom is 0.310 e. The van der Waals surface area contributed by atoms with Crippen molar-refractivity contribution in [1.82, 2.24) is 4.90 Å². The van der Waals surface area contributed by atoms with Crippen LogP contribution in [0.1, 0.15) is 30.1 Å². The Balaban J connectivity index is 2.12. The van der Waals surface area contributed by atoms with E-state index in [0.29, 0.717) is 25.3 Å². The lowest BCUT2D eigenvalue weighted by atomic mass is 9.97. The zero-order chi connectivity index (χ0) is 15.4. The molecule has 6 heteroatoms. The standard InChI is InChI=1S/C15H17BrINO3/c1-2-21-15(20)10-4-3-7-18(9-10)14(19)12-8-11(17)5-6-13(12)16/h5-6,8,10H,2-4,7,9H2,1H3/t10-/m0/s1. The number of likely N-dealkylation sites (tertiary alicyclic amines) is 1. The summed E-state index contributed by atoms with van der Waals surface area (Å²) in [5, 5.41) is 0. The van der Waals surface area contributed by atoms with Gasteiger partial charge in [-0.3, -0.25) is 9.59 Å². The number of carbonyl (C=O) groups excluding carboxylic acids is 2. The highest BCUT2D eigenvalue weighted by atomic mass is 127. The molecular formula is C15H17BrINO3. The molecule has 1 heterocycles. The van der Waals surface area contributed by atoms with E-state index in [1.54, 1.807) is 11.8 Å². The average Bonchev–Trinajstić information content (AvgIpc) is 2.49. The smallest absolute Gasteiger partial charge is 0.310 e. The van der Waals surface area contributed by atoms with Gasteiger partial charge in [0.15, 0.2) is 0 Å². The molecule has 1 fully saturated rings. The van der Waals surface area contributed by atoms with E-state index in [1.165, 1.54) is 0 Å². The van der Waals surface area contributed by atoms with Gasteiger partial charge in [-0.1, -0.05) is 0 Å². The second-order valence-electron chi connectivity index (χ2n) is 4.97. The van der Waals surface area contributed by atoms with Crippen molar-refractivity contribution < 1.29 is 14.3 Å². The van der Waals surface area contributed by atoms with Crippen LogP contribution in [0.15, 0.2) is 22.7 Å². The molecule has 0 aliphatic carbocycles. The number of benzene rings is 1. The lowest BCUT2D eigenvalue weighted by Gasteiger charge is -2.31. The molecule has 1 atom stereocenters. The molecular weight excluding hydrogens is 449 g/mol. The Morgan fingerprint density at radius 1 is 1.48 bits per heavy atom. The van der Waals surface area contributed by atoms with E-state index in [1.807, 2.05) is 18.2 Å². The number of nitrogens with zero attached hydrogens (tertiary/aromatic N) is 1. The van der Waals surface area contributed by atoms with E-state index in [-0.39, 0.29) is 17.8 Å². The number of ether oxygens (including phenoxy) is 1. The Morgan fingerprint density at radius 3 is 2.95 bits per heavy atom. The monoisotopic (exact) mass is 465 g/mol. The second kappa shape index (κ2) is 7.58. The number of esters is 1. The average molecular weight is 466 g/mol. The van der Waals surface area contributed by atoms with Crippen LogP contribution in [-0.4, -0.2) is 36.5 Å². The van der Waals surface area contributed by atoms with Gasteiger partial charge in [0.25, 0.3) is 5.91 Å². The third-order valence-corrected chi connectivity index (χ3v) is 4.85. The summed E-state index contributed by atoms with van der Waals surface area (Å²) in [5.74, 6) is -0.435. The summed E-state index contributed by atoms with van der Waals surface area (Å²) in [7, 11) is 0. The molecule has 0 N–H and O–H groups in total. The van der Waals surface area contributed by atoms with Crippen LogP contribution >= 0.6 is 38.5 Å². The minimum absolute atomic E-state index is 0.0330. The van der Waals surface area contributed by atoms with Crippen molar-refractivity contribution in [3.8, 4) is 0 Å². The first-order valence-corrected chi connectivity index (χ1v) is 8.81. The summed E-state index contributed by atoms with van der Waals surface area (Å²) in [6, 6.07) is 5.68. The maximum atomic E-state index is 12.6. The molecule has 1 aromatic rings. The van der Waals surface area contributed by atoms with Crippen molar-refractivity contribution in [1.29, 1.82) is 0 Å². The topological polar surface area (TPSA) is 46.6 Å². The van der Waals surface area contributed by atoms with Gasteiger partial charge in [0.05, 0.1) is 18.1 Å². The molecule has 0 bridgehead atoms. The lowest BCUT2D eigenvalue weighted by molar-refractivity contribution is -0.149. The molecule has 0 radical (unpaired) electrons. The van der Waals surface area contributed by atoms with Crippen LogP contribution in [0.25, 0.3) is 0 Å². The number of amides is 1. The zero-order valence-electron chi connectivity index (χ0n) is 11.8. The van der Waals surface area contributed by atoms with Crippen molar-refractivity contribution in [3.05, 3.63) is 31.8 Å². The molecule has 0 saturated carbocycles. The van der Waals surface area contributed by atoms with Gasteiger partial charge in [0, 0.05) is 21.1 Å². The van der Waals surface area contributed by atoms with Gasteiger partial charge in [-0.15, -0.1) is 0 Å². The van der Waals surface area contributed by atoms with Crippen molar-refractivity contribution in [2.75, 3.05) is 19.7 Å². The Labute approximate surface area is 146 Å². The first kappa shape index (κ1) is 16.7. The van der Waals surface area contributed by atoms with Crippen LogP contribution in [0.5, 0.6) is 0 Å². The highest BCUT2D eigenvalue weighted by molar-refractivity contribution is 14.1. The van der Waals surface area contributed by atoms with Gasteiger partial charge in [-0.2, -0.15) is 0 Å². The third kappa shape index (κ3) is 4.18. The van der Waals surface area contributed by atoms with Crippen LogP contribution in [-0.2, 0) is 9.53 Å². The van der Waals surface area contributed by atoms with E-state index < -0.39 is 0 Å². The number of hydrogen-bond acceptors (Lipinski definition) is 3. The lowest BCUT2D eigenvalue weighted by Crippen LogP contribution is -2.43. The predicted molar refractivity (Wildman–Crippen MR) is 92.1 cm³/mol. The molecule has 2 rings (SSSR count). The van der Waals surface area contributed by atoms with Crippen LogP contribution < -0.4 is 0 Å². The Morgan fingerprint density at radius 2 is 2.24 bits per heavy atom. The molecule has 1 amide bonds. The van der Waals surface area contributed by atoms with Crippen LogP contribution in [0.4, 0.5) is 0 Å². The van der Waals surface area contributed by atoms with Gasteiger partial charge in [-0.25, -0.2) is 0 Å². The van der Waals surface area contributed by atoms with E-state index in [2.05, 4.69) is 38.5 Å². The largest absolute Gasteiger partial charge is 0.466 e. The van der Waals surface area contributed by atoms with Gasteiger partial charge >= 0.3 is 5.97 Å². The normalized spacial score (nSPS) is 18.4. The quantitative estimate of drug-likeness (QED) is 0.507. The number of carbonyl (C=O) groups is 2. The molecule has 1 aromatic carbocycles. The fraction of sp³-hybridized carbons (Fsp3) is 0.467. The number of halogens is 2. The number of piperidine rings is 1. The van der Waals surface area contributed by atoms with Crippen LogP contribution in [0.2, 0.25) is 0 Å². The van der Waals surface area contributed by atoms with E-state index >= 15 is 0 Å². The third-order valence-electron chi connectivity index (χ3n) is 3.49. The molecule has 1 saturated heterocycles. The summed E-state index contributed by atoms with van der Waals surface area (Å²) in [6.07, 6.45) is 1.62. The highest BCUT2D eigenvalue weighted by Crippen LogP contribution is 2.24. The van der Waals surface area contributed by atoms with Gasteiger partial charge in [0.2, 0.25) is 0 Å². The van der Waals surface area contributed by atoms with E-state index in [9.17, 15) is 9.59 Å². The predicted octanol–water partition coefficient (Wildman–Crippen LogP) is 3.47. The fourth-order valence-electron chi connectivity index (χ4n) is 2.45. The van der Waals surface area contributed by atoms with Crippen molar-refractivity contribution in [2.45, 2.75) is 19.8 Å². The maximum absolute atomic E-state index is 12.6. The molecule has 1 aliphatic heterocycles. The van der Waals surface area contributed by atoms with Crippen LogP contribution in [0, 0.1) is 9.49 Å². The molecule has 0 spiro atoms.